The van der Waals surface area contributed by atoms with Crippen LogP contribution in [0.15, 0.2) is 41.3 Å². The number of halogens is 3. The summed E-state index contributed by atoms with van der Waals surface area (Å²) in [7, 11) is 0. The van der Waals surface area contributed by atoms with Crippen molar-refractivity contribution >= 4 is 46.6 Å². The first-order valence-electron chi connectivity index (χ1n) is 10.9. The number of thioether (sulfide) groups is 1. The van der Waals surface area contributed by atoms with Crippen LogP contribution in [-0.2, 0) is 14.3 Å². The van der Waals surface area contributed by atoms with E-state index in [0.29, 0.717) is 31.1 Å². The van der Waals surface area contributed by atoms with Gasteiger partial charge in [0, 0.05) is 28.5 Å². The Kier molecular flexibility index (Phi) is 8.39. The summed E-state index contributed by atoms with van der Waals surface area (Å²) in [5, 5.41) is 10.6. The second-order valence-electron chi connectivity index (χ2n) is 9.41. The monoisotopic (exact) mass is 513 g/mol. The Bertz CT molecular complexity index is 965. The number of aliphatic hydroxyl groups is 1. The van der Waals surface area contributed by atoms with Gasteiger partial charge in [-0.1, -0.05) is 44.0 Å². The van der Waals surface area contributed by atoms with E-state index in [2.05, 4.69) is 0 Å². The average Bonchev–Trinajstić information content (AvgIpc) is 2.76. The summed E-state index contributed by atoms with van der Waals surface area (Å²) in [5.41, 5.74) is -0.0260. The zero-order valence-electron chi connectivity index (χ0n) is 19.3. The van der Waals surface area contributed by atoms with E-state index in [-0.39, 0.29) is 23.2 Å². The highest BCUT2D eigenvalue weighted by Gasteiger charge is 2.39. The van der Waals surface area contributed by atoms with Crippen molar-refractivity contribution in [2.45, 2.75) is 56.2 Å². The topological polar surface area (TPSA) is 49.8 Å². The number of amides is 1. The van der Waals surface area contributed by atoms with Crippen molar-refractivity contribution in [2.24, 2.45) is 5.41 Å². The molecule has 4 nitrogen and oxygen atoms in total. The molecule has 1 aliphatic rings. The molecule has 33 heavy (non-hydrogen) atoms. The molecule has 2 aromatic carbocycles. The number of hydrogen-bond acceptors (Lipinski definition) is 4. The number of hydrogen-bond donors (Lipinski definition) is 1. The number of carbonyl (C=O) groups is 1. The molecule has 0 bridgehead atoms. The van der Waals surface area contributed by atoms with E-state index < -0.39 is 22.0 Å². The van der Waals surface area contributed by atoms with E-state index in [0.717, 1.165) is 10.5 Å². The first kappa shape index (κ1) is 26.3. The molecule has 1 atom stereocenters. The van der Waals surface area contributed by atoms with Gasteiger partial charge in [0.25, 0.3) is 0 Å². The molecule has 0 spiro atoms. The van der Waals surface area contributed by atoms with E-state index >= 15 is 4.39 Å². The molecule has 180 valence electrons. The van der Waals surface area contributed by atoms with E-state index in [1.165, 1.54) is 11.0 Å². The van der Waals surface area contributed by atoms with Crippen LogP contribution in [0.3, 0.4) is 0 Å². The van der Waals surface area contributed by atoms with Crippen molar-refractivity contribution in [1.82, 2.24) is 0 Å². The second-order valence-corrected chi connectivity index (χ2v) is 11.7. The van der Waals surface area contributed by atoms with Crippen LogP contribution in [0.4, 0.5) is 10.1 Å². The molecule has 0 saturated carbocycles. The molecule has 3 rings (SSSR count). The molecule has 8 heteroatoms. The summed E-state index contributed by atoms with van der Waals surface area (Å²) < 4.78 is 20.9. The van der Waals surface area contributed by atoms with Gasteiger partial charge in [-0.3, -0.25) is 4.79 Å². The molecule has 1 fully saturated rings. The predicted molar refractivity (Wildman–Crippen MR) is 134 cm³/mol. The summed E-state index contributed by atoms with van der Waals surface area (Å²) in [6.07, 6.45) is 1.38. The lowest BCUT2D eigenvalue weighted by Crippen LogP contribution is -2.47. The number of benzene rings is 2. The number of carbonyl (C=O) groups excluding carboxylic acids is 1. The fourth-order valence-corrected chi connectivity index (χ4v) is 5.66. The quantitative estimate of drug-likeness (QED) is 0.467. The molecule has 1 saturated heterocycles. The zero-order valence-corrected chi connectivity index (χ0v) is 21.7. The number of ether oxygens (including phenoxy) is 1. The van der Waals surface area contributed by atoms with Crippen molar-refractivity contribution in [1.29, 1.82) is 0 Å². The van der Waals surface area contributed by atoms with E-state index in [1.807, 2.05) is 24.3 Å². The Balaban J connectivity index is 2.08. The molecular formula is C25H30Cl2FNO3S. The lowest BCUT2D eigenvalue weighted by molar-refractivity contribution is -0.126. The van der Waals surface area contributed by atoms with Crippen LogP contribution >= 0.6 is 35.0 Å². The second kappa shape index (κ2) is 10.5. The van der Waals surface area contributed by atoms with E-state index in [1.54, 1.807) is 45.5 Å². The average molecular weight is 514 g/mol. The van der Waals surface area contributed by atoms with Gasteiger partial charge < -0.3 is 14.7 Å². The molecule has 0 aromatic heterocycles. The van der Waals surface area contributed by atoms with Crippen LogP contribution in [-0.4, -0.2) is 36.9 Å². The lowest BCUT2D eigenvalue weighted by atomic mass is 9.89. The van der Waals surface area contributed by atoms with Gasteiger partial charge in [0.05, 0.1) is 28.1 Å². The number of anilines is 1. The minimum absolute atomic E-state index is 0.000550. The first-order chi connectivity index (χ1) is 15.5. The highest BCUT2D eigenvalue weighted by atomic mass is 35.5. The van der Waals surface area contributed by atoms with Crippen LogP contribution in [0, 0.1) is 11.2 Å². The Hall–Kier alpha value is -1.31. The fraction of sp³-hybridized carbons (Fsp3) is 0.480. The number of aliphatic hydroxyl groups excluding tert-OH is 1. The van der Waals surface area contributed by atoms with Crippen LogP contribution in [0.2, 0.25) is 10.0 Å². The maximum absolute atomic E-state index is 15.7. The minimum Gasteiger partial charge on any atom is -0.394 e. The molecule has 1 amide bonds. The van der Waals surface area contributed by atoms with Gasteiger partial charge in [0.15, 0.2) is 0 Å². The Morgan fingerprint density at radius 1 is 1.21 bits per heavy atom. The fourth-order valence-electron chi connectivity index (χ4n) is 3.90. The highest BCUT2D eigenvalue weighted by molar-refractivity contribution is 8.00. The molecule has 2 aromatic rings. The molecule has 1 N–H and O–H groups in total. The van der Waals surface area contributed by atoms with Crippen molar-refractivity contribution in [2.75, 3.05) is 24.7 Å². The molecule has 1 heterocycles. The van der Waals surface area contributed by atoms with Crippen LogP contribution in [0.5, 0.6) is 0 Å². The molecule has 1 unspecified atom stereocenters. The Morgan fingerprint density at radius 3 is 2.33 bits per heavy atom. The van der Waals surface area contributed by atoms with Crippen LogP contribution < -0.4 is 4.90 Å². The smallest absolute Gasteiger partial charge is 0.232 e. The third-order valence-corrected chi connectivity index (χ3v) is 7.86. The van der Waals surface area contributed by atoms with Gasteiger partial charge in [-0.15, -0.1) is 11.8 Å². The zero-order chi connectivity index (χ0) is 24.4. The van der Waals surface area contributed by atoms with Gasteiger partial charge >= 0.3 is 0 Å². The molecule has 1 aliphatic heterocycles. The molecule has 0 radical (unpaired) electrons. The molecular weight excluding hydrogens is 484 g/mol. The minimum atomic E-state index is -0.774. The Labute approximate surface area is 209 Å². The summed E-state index contributed by atoms with van der Waals surface area (Å²) in [6, 6.07) is 10.2. The third kappa shape index (κ3) is 5.85. The predicted octanol–water partition coefficient (Wildman–Crippen LogP) is 6.69. The van der Waals surface area contributed by atoms with Gasteiger partial charge in [-0.2, -0.15) is 0 Å². The van der Waals surface area contributed by atoms with Crippen molar-refractivity contribution < 1.29 is 19.0 Å². The van der Waals surface area contributed by atoms with Gasteiger partial charge in [0.2, 0.25) is 5.91 Å². The Morgan fingerprint density at radius 2 is 1.82 bits per heavy atom. The van der Waals surface area contributed by atoms with Crippen LogP contribution in [0.1, 0.15) is 46.1 Å². The summed E-state index contributed by atoms with van der Waals surface area (Å²) in [4.78, 5) is 15.4. The normalized spacial score (nSPS) is 17.0. The number of nitrogens with zero attached hydrogens (tertiary/aromatic N) is 1. The standard InChI is InChI=1S/C25H30Cl2FNO3S/c1-16(15-30)29(23(31)24(2,3)4)22-20(27)13-17(14-21(22)28)25(9-11-32-12-10-25)33-19-7-5-18(26)6-8-19/h5-8,13-14,16,30H,9-12,15H2,1-4H3. The van der Waals surface area contributed by atoms with Crippen LogP contribution in [0.25, 0.3) is 0 Å². The summed E-state index contributed by atoms with van der Waals surface area (Å²) >= 11 is 14.3. The van der Waals surface area contributed by atoms with E-state index in [4.69, 9.17) is 27.9 Å². The van der Waals surface area contributed by atoms with Crippen molar-refractivity contribution in [3.63, 3.8) is 0 Å². The maximum Gasteiger partial charge on any atom is 0.232 e. The maximum atomic E-state index is 15.7. The summed E-state index contributed by atoms with van der Waals surface area (Å²) in [5.74, 6) is -0.896. The van der Waals surface area contributed by atoms with Gasteiger partial charge in [0.1, 0.15) is 5.82 Å². The lowest BCUT2D eigenvalue weighted by Gasteiger charge is -2.38. The molecule has 0 aliphatic carbocycles. The third-order valence-electron chi connectivity index (χ3n) is 5.78. The number of rotatable bonds is 6. The highest BCUT2D eigenvalue weighted by Crippen LogP contribution is 2.50. The van der Waals surface area contributed by atoms with Gasteiger partial charge in [-0.25, -0.2) is 4.39 Å². The SMILES string of the molecule is CC(CO)N(C(=O)C(C)(C)C)c1c(F)cc(C2(Sc3ccc(Cl)cc3)CCOCC2)cc1Cl. The van der Waals surface area contributed by atoms with E-state index in [9.17, 15) is 9.90 Å². The first-order valence-corrected chi connectivity index (χ1v) is 12.5. The summed E-state index contributed by atoms with van der Waals surface area (Å²) in [6.45, 7) is 7.73. The van der Waals surface area contributed by atoms with Crippen molar-refractivity contribution in [3.8, 4) is 0 Å². The largest absolute Gasteiger partial charge is 0.394 e. The van der Waals surface area contributed by atoms with Crippen molar-refractivity contribution in [3.05, 3.63) is 57.8 Å². The van der Waals surface area contributed by atoms with Gasteiger partial charge in [-0.05, 0) is 61.7 Å².